The molecule has 2 aromatic carbocycles. The highest BCUT2D eigenvalue weighted by molar-refractivity contribution is 6.09. The van der Waals surface area contributed by atoms with Crippen molar-refractivity contribution in [1.82, 2.24) is 44.1 Å². The number of hydrogen-bond donors (Lipinski definition) is 4. The fraction of sp³-hybridized carbons (Fsp3) is 0.345. The van der Waals surface area contributed by atoms with E-state index < -0.39 is 22.5 Å². The number of hydrogen-bond acceptors (Lipinski definition) is 12. The monoisotopic (exact) mass is 1020 g/mol. The van der Waals surface area contributed by atoms with Crippen LogP contribution in [0.4, 0.5) is 5.69 Å². The Morgan fingerprint density at radius 2 is 1.33 bits per heavy atom. The van der Waals surface area contributed by atoms with Crippen LogP contribution >= 0.6 is 0 Å². The van der Waals surface area contributed by atoms with E-state index in [-0.39, 0.29) is 61.3 Å². The third-order valence-electron chi connectivity index (χ3n) is 12.5. The van der Waals surface area contributed by atoms with E-state index in [1.807, 2.05) is 24.3 Å². The number of fused-ring (bicyclic) bond motifs is 2. The van der Waals surface area contributed by atoms with Crippen molar-refractivity contribution in [2.45, 2.75) is 53.6 Å². The number of rotatable bonds is 16. The second-order valence-electron chi connectivity index (χ2n) is 17.1. The highest BCUT2D eigenvalue weighted by Gasteiger charge is 2.29. The van der Waals surface area contributed by atoms with Gasteiger partial charge in [0.25, 0.3) is 17.0 Å². The Morgan fingerprint density at radius 1 is 0.733 bits per heavy atom. The molecule has 7 rings (SSSR count). The zero-order chi connectivity index (χ0) is 54.0. The maximum atomic E-state index is 14.4. The van der Waals surface area contributed by atoms with Gasteiger partial charge in [0.1, 0.15) is 48.1 Å². The Hall–Kier alpha value is -8.88. The van der Waals surface area contributed by atoms with E-state index in [1.165, 1.54) is 12.4 Å². The van der Waals surface area contributed by atoms with Crippen molar-refractivity contribution in [2.24, 2.45) is 0 Å². The topological polar surface area (TPSA) is 245 Å². The van der Waals surface area contributed by atoms with E-state index in [2.05, 4.69) is 118 Å². The summed E-state index contributed by atoms with van der Waals surface area (Å²) in [5.74, 6) is 10.6. The molecule has 3 amide bonds. The Morgan fingerprint density at radius 3 is 1.92 bits per heavy atom. The fourth-order valence-electron chi connectivity index (χ4n) is 8.55. The van der Waals surface area contributed by atoms with Crippen LogP contribution in [-0.2, 0) is 32.3 Å². The molecule has 75 heavy (non-hydrogen) atoms. The lowest BCUT2D eigenvalue weighted by Crippen LogP contribution is -2.50. The molecule has 1 aliphatic carbocycles. The van der Waals surface area contributed by atoms with E-state index in [0.717, 1.165) is 79.8 Å². The Labute approximate surface area is 432 Å². The maximum Gasteiger partial charge on any atom is 0.328 e. The van der Waals surface area contributed by atoms with Crippen molar-refractivity contribution in [3.8, 4) is 46.1 Å². The lowest BCUT2D eigenvalue weighted by atomic mass is 9.90. The molecule has 0 spiro atoms. The zero-order valence-electron chi connectivity index (χ0n) is 42.7. The van der Waals surface area contributed by atoms with E-state index in [4.69, 9.17) is 4.42 Å². The SMILES string of the molecule is CCN(CC)c1ccc2c(-c3ccccc3C(=O)N3CCN(C(=O)CCC(=O)NCC#Cc4cn(CC=O)c(=O)[nH]c4=O)CC3)c3ccc(=[N+](CC)CC)cc-3oc2c1.CNCC#Cc1cn(CC=O)c(=O)[nH]c1=O. The van der Waals surface area contributed by atoms with Crippen LogP contribution in [0.3, 0.4) is 0 Å². The van der Waals surface area contributed by atoms with Gasteiger partial charge in [-0.25, -0.2) is 14.2 Å². The van der Waals surface area contributed by atoms with Crippen molar-refractivity contribution >= 4 is 47.0 Å². The van der Waals surface area contributed by atoms with E-state index in [0.29, 0.717) is 50.9 Å². The largest absolute Gasteiger partial charge is 0.456 e. The van der Waals surface area contributed by atoms with Crippen molar-refractivity contribution in [3.63, 3.8) is 0 Å². The summed E-state index contributed by atoms with van der Waals surface area (Å²) < 4.78 is 11.1. The first-order valence-electron chi connectivity index (χ1n) is 24.7. The van der Waals surface area contributed by atoms with Gasteiger partial charge in [0, 0.05) is 104 Å². The summed E-state index contributed by atoms with van der Waals surface area (Å²) in [6.07, 6.45) is 3.48. The lowest BCUT2D eigenvalue weighted by Gasteiger charge is -2.35. The van der Waals surface area contributed by atoms with Crippen LogP contribution in [0.25, 0.3) is 33.4 Å². The van der Waals surface area contributed by atoms with E-state index in [1.54, 1.807) is 16.8 Å². The first-order valence-corrected chi connectivity index (χ1v) is 24.7. The number of anilines is 1. The van der Waals surface area contributed by atoms with Gasteiger partial charge in [-0.15, -0.1) is 0 Å². The second-order valence-corrected chi connectivity index (χ2v) is 17.1. The summed E-state index contributed by atoms with van der Waals surface area (Å²) in [6.45, 7) is 13.3. The second kappa shape index (κ2) is 26.7. The smallest absolute Gasteiger partial charge is 0.328 e. The molecule has 20 heteroatoms. The van der Waals surface area contributed by atoms with Gasteiger partial charge in [0.05, 0.1) is 32.2 Å². The van der Waals surface area contributed by atoms with Crippen molar-refractivity contribution in [3.05, 3.63) is 137 Å². The minimum absolute atomic E-state index is 0.0163. The molecular formula is C55H61N10O10+. The molecule has 0 saturated carbocycles. The molecule has 4 heterocycles. The Balaban J connectivity index is 0.000000488. The van der Waals surface area contributed by atoms with Crippen LogP contribution in [0.1, 0.15) is 62.0 Å². The van der Waals surface area contributed by atoms with E-state index in [9.17, 15) is 43.2 Å². The van der Waals surface area contributed by atoms with Crippen LogP contribution < -0.4 is 48.0 Å². The van der Waals surface area contributed by atoms with Gasteiger partial charge in [0.15, 0.2) is 0 Å². The number of piperazine rings is 1. The molecule has 4 aromatic rings. The van der Waals surface area contributed by atoms with Gasteiger partial charge >= 0.3 is 11.4 Å². The predicted octanol–water partition coefficient (Wildman–Crippen LogP) is 1.45. The molecule has 0 atom stereocenters. The predicted molar refractivity (Wildman–Crippen MR) is 285 cm³/mol. The molecule has 1 fully saturated rings. The lowest BCUT2D eigenvalue weighted by molar-refractivity contribution is -0.134. The van der Waals surface area contributed by atoms with Crippen molar-refractivity contribution in [1.29, 1.82) is 0 Å². The first-order chi connectivity index (χ1) is 36.3. The molecule has 2 aromatic heterocycles. The molecular weight excluding hydrogens is 961 g/mol. The standard InChI is InChI=1S/C45H49N7O7.C10H11N3O3/c1-5-48(6-2)32-15-17-36-38(28-32)59-39-29-33(49(7-3)8-4)16-18-37(39)42(36)34-13-9-10-14-35(34)44(57)51-24-22-50(23-25-51)41(55)20-19-40(54)46-21-11-12-31-30-52(26-27-53)45(58)47-43(31)56;1-11-4-2-3-8-7-13(5-6-14)10(16)12-9(8)15/h9-10,13-18,27-30H,5-8,19-26H2,1-4H3,(H-,46,47,54,56,58);6-7,11H,4-5H2,1H3,(H,12,15,16)/p+1. The number of aldehydes is 2. The van der Waals surface area contributed by atoms with Crippen molar-refractivity contribution in [2.75, 3.05) is 77.4 Å². The highest BCUT2D eigenvalue weighted by Crippen LogP contribution is 2.42. The first kappa shape index (κ1) is 55.4. The highest BCUT2D eigenvalue weighted by atomic mass is 16.3. The number of aromatic nitrogens is 4. The fourth-order valence-corrected chi connectivity index (χ4v) is 8.55. The molecule has 0 unspecified atom stereocenters. The molecule has 0 bridgehead atoms. The summed E-state index contributed by atoms with van der Waals surface area (Å²) in [5.41, 5.74) is 2.56. The van der Waals surface area contributed by atoms with Crippen LogP contribution in [0, 0.1) is 23.7 Å². The van der Waals surface area contributed by atoms with Crippen LogP contribution in [0.2, 0.25) is 0 Å². The summed E-state index contributed by atoms with van der Waals surface area (Å²) in [7, 11) is 1.73. The summed E-state index contributed by atoms with van der Waals surface area (Å²) in [4.78, 5) is 117. The molecule has 390 valence electrons. The normalized spacial score (nSPS) is 11.9. The van der Waals surface area contributed by atoms with Gasteiger partial charge in [-0.05, 0) is 64.6 Å². The number of aromatic amines is 2. The number of nitrogens with one attached hydrogen (secondary N) is 4. The average molecular weight is 1020 g/mol. The quantitative estimate of drug-likeness (QED) is 0.0466. The van der Waals surface area contributed by atoms with Crippen LogP contribution in [0.15, 0.2) is 96.7 Å². The molecule has 0 radical (unpaired) electrons. The maximum absolute atomic E-state index is 14.4. The average Bonchev–Trinajstić information content (AvgIpc) is 3.42. The van der Waals surface area contributed by atoms with Gasteiger partial charge in [0.2, 0.25) is 17.2 Å². The summed E-state index contributed by atoms with van der Waals surface area (Å²) in [6, 6.07) is 20.2. The summed E-state index contributed by atoms with van der Waals surface area (Å²) in [5, 5.41) is 7.37. The van der Waals surface area contributed by atoms with Gasteiger partial charge in [-0.2, -0.15) is 0 Å². The number of benzene rings is 3. The number of H-pyrrole nitrogens is 2. The third kappa shape index (κ3) is 13.8. The van der Waals surface area contributed by atoms with Gasteiger partial charge in [-0.1, -0.05) is 41.9 Å². The minimum atomic E-state index is -0.721. The molecule has 1 saturated heterocycles. The molecule has 20 nitrogen and oxygen atoms in total. The zero-order valence-corrected chi connectivity index (χ0v) is 42.7. The third-order valence-corrected chi connectivity index (χ3v) is 12.5. The van der Waals surface area contributed by atoms with Crippen molar-refractivity contribution < 1.29 is 28.4 Å². The Bertz CT molecular complexity index is 3490. The number of amides is 3. The molecule has 4 N–H and O–H groups in total. The Kier molecular flexibility index (Phi) is 19.7. The van der Waals surface area contributed by atoms with Gasteiger partial charge in [-0.3, -0.25) is 43.1 Å². The van der Waals surface area contributed by atoms with Crippen LogP contribution in [0.5, 0.6) is 0 Å². The minimum Gasteiger partial charge on any atom is -0.456 e. The number of nitrogens with zero attached hydrogens (tertiary/aromatic N) is 6. The molecule has 2 aliphatic heterocycles. The molecule has 3 aliphatic rings. The summed E-state index contributed by atoms with van der Waals surface area (Å²) >= 11 is 0. The number of carbonyl (C=O) groups is 5. The van der Waals surface area contributed by atoms with E-state index >= 15 is 0 Å². The number of carbonyl (C=O) groups excluding carboxylic acids is 5. The van der Waals surface area contributed by atoms with Crippen LogP contribution in [-0.4, -0.2) is 132 Å². The van der Waals surface area contributed by atoms with Gasteiger partial charge < -0.3 is 39.3 Å².